The van der Waals surface area contributed by atoms with Gasteiger partial charge in [-0.15, -0.1) is 6.58 Å². The van der Waals surface area contributed by atoms with E-state index in [1.807, 2.05) is 0 Å². The molecular formula is C12H14F2O. The summed E-state index contributed by atoms with van der Waals surface area (Å²) in [5.74, 6) is -0.936. The maximum absolute atomic E-state index is 13.3. The predicted molar refractivity (Wildman–Crippen MR) is 55.5 cm³/mol. The van der Waals surface area contributed by atoms with Crippen LogP contribution in [0.15, 0.2) is 30.9 Å². The molecule has 0 saturated carbocycles. The first-order valence-electron chi connectivity index (χ1n) is 4.69. The molecule has 1 atom stereocenters. The van der Waals surface area contributed by atoms with Crippen molar-refractivity contribution in [3.63, 3.8) is 0 Å². The molecule has 0 amide bonds. The zero-order valence-electron chi connectivity index (χ0n) is 8.63. The predicted octanol–water partition coefficient (Wildman–Crippen LogP) is 2.69. The van der Waals surface area contributed by atoms with Gasteiger partial charge in [0, 0.05) is 5.41 Å². The molecule has 0 aliphatic rings. The van der Waals surface area contributed by atoms with E-state index in [0.29, 0.717) is 0 Å². The van der Waals surface area contributed by atoms with Crippen LogP contribution in [0.5, 0.6) is 0 Å². The minimum atomic E-state index is -0.616. The Morgan fingerprint density at radius 1 is 1.47 bits per heavy atom. The van der Waals surface area contributed by atoms with E-state index < -0.39 is 17.0 Å². The Labute approximate surface area is 88.1 Å². The van der Waals surface area contributed by atoms with Crippen molar-refractivity contribution in [1.29, 1.82) is 0 Å². The van der Waals surface area contributed by atoms with E-state index >= 15 is 0 Å². The number of hydrogen-bond donors (Lipinski definition) is 1. The van der Waals surface area contributed by atoms with Gasteiger partial charge in [0.2, 0.25) is 0 Å². The molecule has 15 heavy (non-hydrogen) atoms. The summed E-state index contributed by atoms with van der Waals surface area (Å²) in [7, 11) is 0. The Kier molecular flexibility index (Phi) is 3.58. The van der Waals surface area contributed by atoms with Crippen molar-refractivity contribution in [2.24, 2.45) is 5.41 Å². The Bertz CT molecular complexity index is 363. The lowest BCUT2D eigenvalue weighted by molar-refractivity contribution is 0.183. The first-order chi connectivity index (χ1) is 7.00. The van der Waals surface area contributed by atoms with Crippen LogP contribution in [0.25, 0.3) is 0 Å². The van der Waals surface area contributed by atoms with E-state index in [1.165, 1.54) is 0 Å². The zero-order valence-corrected chi connectivity index (χ0v) is 8.63. The van der Waals surface area contributed by atoms with Gasteiger partial charge < -0.3 is 5.11 Å². The quantitative estimate of drug-likeness (QED) is 0.761. The summed E-state index contributed by atoms with van der Waals surface area (Å²) >= 11 is 0. The lowest BCUT2D eigenvalue weighted by atomic mass is 9.84. The maximum Gasteiger partial charge on any atom is 0.126 e. The first kappa shape index (κ1) is 11.9. The smallest absolute Gasteiger partial charge is 0.126 e. The van der Waals surface area contributed by atoms with Crippen LogP contribution in [0.4, 0.5) is 8.78 Å². The normalized spacial score (nSPS) is 14.7. The van der Waals surface area contributed by atoms with Gasteiger partial charge in [-0.05, 0) is 30.2 Å². The number of rotatable bonds is 4. The Morgan fingerprint density at radius 3 is 2.67 bits per heavy atom. The molecule has 1 aromatic carbocycles. The second kappa shape index (κ2) is 4.53. The number of aliphatic hydroxyl groups is 1. The molecule has 1 N–H and O–H groups in total. The van der Waals surface area contributed by atoms with Gasteiger partial charge in [0.05, 0.1) is 6.61 Å². The van der Waals surface area contributed by atoms with Gasteiger partial charge in [0.1, 0.15) is 11.6 Å². The summed E-state index contributed by atoms with van der Waals surface area (Å²) in [5, 5.41) is 9.12. The largest absolute Gasteiger partial charge is 0.395 e. The van der Waals surface area contributed by atoms with E-state index in [2.05, 4.69) is 6.58 Å². The van der Waals surface area contributed by atoms with Gasteiger partial charge in [-0.25, -0.2) is 8.78 Å². The molecule has 0 heterocycles. The van der Waals surface area contributed by atoms with Crippen molar-refractivity contribution in [1.82, 2.24) is 0 Å². The molecule has 0 radical (unpaired) electrons. The number of benzene rings is 1. The molecule has 0 aromatic heterocycles. The molecule has 0 aliphatic carbocycles. The molecule has 0 saturated heterocycles. The van der Waals surface area contributed by atoms with Crippen LogP contribution in [0.2, 0.25) is 0 Å². The highest BCUT2D eigenvalue weighted by atomic mass is 19.1. The minimum absolute atomic E-state index is 0.146. The fourth-order valence-electron chi connectivity index (χ4n) is 1.31. The molecule has 3 heteroatoms. The molecule has 1 nitrogen and oxygen atoms in total. The molecule has 0 fully saturated rings. The van der Waals surface area contributed by atoms with Gasteiger partial charge in [-0.2, -0.15) is 0 Å². The maximum atomic E-state index is 13.3. The third-order valence-electron chi connectivity index (χ3n) is 2.46. The third kappa shape index (κ3) is 2.86. The average Bonchev–Trinajstić information content (AvgIpc) is 2.23. The summed E-state index contributed by atoms with van der Waals surface area (Å²) in [5.41, 5.74) is -0.360. The molecule has 0 bridgehead atoms. The van der Waals surface area contributed by atoms with Gasteiger partial charge in [0.25, 0.3) is 0 Å². The number of aliphatic hydroxyl groups excluding tert-OH is 1. The van der Waals surface area contributed by atoms with Crippen molar-refractivity contribution >= 4 is 0 Å². The van der Waals surface area contributed by atoms with Crippen molar-refractivity contribution in [2.75, 3.05) is 6.61 Å². The summed E-state index contributed by atoms with van der Waals surface area (Å²) in [6.07, 6.45) is 1.79. The van der Waals surface area contributed by atoms with E-state index in [-0.39, 0.29) is 18.6 Å². The van der Waals surface area contributed by atoms with Crippen molar-refractivity contribution in [3.05, 3.63) is 48.1 Å². The molecule has 82 valence electrons. The number of halogens is 2. The van der Waals surface area contributed by atoms with Crippen LogP contribution >= 0.6 is 0 Å². The van der Waals surface area contributed by atoms with Gasteiger partial charge in [-0.1, -0.05) is 13.0 Å². The van der Waals surface area contributed by atoms with E-state index in [4.69, 9.17) is 5.11 Å². The van der Waals surface area contributed by atoms with Crippen molar-refractivity contribution < 1.29 is 13.9 Å². The van der Waals surface area contributed by atoms with Crippen LogP contribution < -0.4 is 0 Å². The zero-order chi connectivity index (χ0) is 11.5. The summed E-state index contributed by atoms with van der Waals surface area (Å²) in [4.78, 5) is 0. The van der Waals surface area contributed by atoms with Crippen molar-refractivity contribution in [2.45, 2.75) is 13.3 Å². The lowest BCUT2D eigenvalue weighted by Crippen LogP contribution is -2.21. The molecule has 0 spiro atoms. The minimum Gasteiger partial charge on any atom is -0.395 e. The van der Waals surface area contributed by atoms with Crippen LogP contribution in [-0.4, -0.2) is 11.7 Å². The van der Waals surface area contributed by atoms with Gasteiger partial charge in [0.15, 0.2) is 0 Å². The van der Waals surface area contributed by atoms with Crippen molar-refractivity contribution in [3.8, 4) is 0 Å². The fourth-order valence-corrected chi connectivity index (χ4v) is 1.31. The topological polar surface area (TPSA) is 20.2 Å². The Morgan fingerprint density at radius 2 is 2.13 bits per heavy atom. The van der Waals surface area contributed by atoms with Crippen LogP contribution in [0.1, 0.15) is 12.5 Å². The second-order valence-corrected chi connectivity index (χ2v) is 3.93. The molecule has 1 aromatic rings. The highest BCUT2D eigenvalue weighted by Crippen LogP contribution is 2.25. The summed E-state index contributed by atoms with van der Waals surface area (Å²) in [6.45, 7) is 5.17. The average molecular weight is 212 g/mol. The van der Waals surface area contributed by atoms with Crippen LogP contribution in [0.3, 0.4) is 0 Å². The molecular weight excluding hydrogens is 198 g/mol. The van der Waals surface area contributed by atoms with Gasteiger partial charge in [-0.3, -0.25) is 0 Å². The Hall–Kier alpha value is -1.22. The van der Waals surface area contributed by atoms with E-state index in [0.717, 1.165) is 18.2 Å². The van der Waals surface area contributed by atoms with E-state index in [1.54, 1.807) is 13.0 Å². The Balaban J connectivity index is 2.97. The standard InChI is InChI=1S/C12H14F2O/c1-3-12(2,8-15)7-9-6-10(13)4-5-11(9)14/h3-6,15H,1,7-8H2,2H3. The monoisotopic (exact) mass is 212 g/mol. The lowest BCUT2D eigenvalue weighted by Gasteiger charge is -2.23. The highest BCUT2D eigenvalue weighted by molar-refractivity contribution is 5.21. The van der Waals surface area contributed by atoms with Gasteiger partial charge >= 0.3 is 0 Å². The first-order valence-corrected chi connectivity index (χ1v) is 4.69. The summed E-state index contributed by atoms with van der Waals surface area (Å²) in [6, 6.07) is 3.31. The number of hydrogen-bond acceptors (Lipinski definition) is 1. The highest BCUT2D eigenvalue weighted by Gasteiger charge is 2.21. The molecule has 1 unspecified atom stereocenters. The second-order valence-electron chi connectivity index (χ2n) is 3.93. The van der Waals surface area contributed by atoms with Crippen LogP contribution in [0, 0.1) is 17.0 Å². The third-order valence-corrected chi connectivity index (χ3v) is 2.46. The molecule has 0 aliphatic heterocycles. The fraction of sp³-hybridized carbons (Fsp3) is 0.333. The van der Waals surface area contributed by atoms with Crippen LogP contribution in [-0.2, 0) is 6.42 Å². The SMILES string of the molecule is C=CC(C)(CO)Cc1cc(F)ccc1F. The summed E-state index contributed by atoms with van der Waals surface area (Å²) < 4.78 is 26.2. The molecule has 1 rings (SSSR count). The van der Waals surface area contributed by atoms with E-state index in [9.17, 15) is 8.78 Å².